The molecule has 1 aromatic rings. The topological polar surface area (TPSA) is 54.2 Å². The van der Waals surface area contributed by atoms with E-state index in [2.05, 4.69) is 27.0 Å². The SMILES string of the molecule is CN=C(NCCCCSC)NCCn1cccn1.I. The Kier molecular flexibility index (Phi) is 12.3. The van der Waals surface area contributed by atoms with Crippen molar-refractivity contribution in [2.75, 3.05) is 32.1 Å². The molecular weight excluding hydrogens is 373 g/mol. The van der Waals surface area contributed by atoms with E-state index in [9.17, 15) is 0 Å². The summed E-state index contributed by atoms with van der Waals surface area (Å²) in [6.07, 6.45) is 8.32. The zero-order chi connectivity index (χ0) is 13.1. The zero-order valence-electron chi connectivity index (χ0n) is 11.6. The third-order valence-electron chi connectivity index (χ3n) is 2.48. The molecule has 110 valence electrons. The van der Waals surface area contributed by atoms with Crippen LogP contribution in [0.1, 0.15) is 12.8 Å². The van der Waals surface area contributed by atoms with Gasteiger partial charge in [-0.25, -0.2) is 0 Å². The highest BCUT2D eigenvalue weighted by Gasteiger charge is 1.96. The Balaban J connectivity index is 0.00000324. The van der Waals surface area contributed by atoms with Crippen LogP contribution in [0, 0.1) is 0 Å². The van der Waals surface area contributed by atoms with E-state index in [1.165, 1.54) is 18.6 Å². The van der Waals surface area contributed by atoms with E-state index in [0.717, 1.165) is 25.6 Å². The van der Waals surface area contributed by atoms with Gasteiger partial charge in [-0.05, 0) is 30.9 Å². The second-order valence-electron chi connectivity index (χ2n) is 3.89. The zero-order valence-corrected chi connectivity index (χ0v) is 14.8. The summed E-state index contributed by atoms with van der Waals surface area (Å²) in [5.74, 6) is 2.10. The van der Waals surface area contributed by atoms with Gasteiger partial charge < -0.3 is 10.6 Å². The van der Waals surface area contributed by atoms with Gasteiger partial charge in [0.1, 0.15) is 0 Å². The van der Waals surface area contributed by atoms with E-state index in [4.69, 9.17) is 0 Å². The van der Waals surface area contributed by atoms with Gasteiger partial charge >= 0.3 is 0 Å². The Morgan fingerprint density at radius 1 is 1.32 bits per heavy atom. The van der Waals surface area contributed by atoms with Crippen LogP contribution in [0.15, 0.2) is 23.5 Å². The molecule has 0 atom stereocenters. The van der Waals surface area contributed by atoms with E-state index in [1.807, 2.05) is 28.7 Å². The normalized spacial score (nSPS) is 10.9. The maximum absolute atomic E-state index is 4.18. The minimum Gasteiger partial charge on any atom is -0.356 e. The van der Waals surface area contributed by atoms with Crippen molar-refractivity contribution in [2.24, 2.45) is 4.99 Å². The molecule has 1 aromatic heterocycles. The molecule has 0 unspecified atom stereocenters. The molecule has 1 heterocycles. The third kappa shape index (κ3) is 9.15. The number of guanidine groups is 1. The van der Waals surface area contributed by atoms with Crippen molar-refractivity contribution < 1.29 is 0 Å². The van der Waals surface area contributed by atoms with Gasteiger partial charge in [0.25, 0.3) is 0 Å². The van der Waals surface area contributed by atoms with Crippen LogP contribution in [0.5, 0.6) is 0 Å². The van der Waals surface area contributed by atoms with E-state index < -0.39 is 0 Å². The van der Waals surface area contributed by atoms with Gasteiger partial charge in [-0.1, -0.05) is 0 Å². The summed E-state index contributed by atoms with van der Waals surface area (Å²) < 4.78 is 1.90. The highest BCUT2D eigenvalue weighted by molar-refractivity contribution is 14.0. The molecule has 0 amide bonds. The number of aliphatic imine (C=N–C) groups is 1. The number of aromatic nitrogens is 2. The molecule has 0 saturated heterocycles. The first kappa shape index (κ1) is 18.6. The first-order chi connectivity index (χ1) is 8.86. The number of hydrogen-bond donors (Lipinski definition) is 2. The first-order valence-corrected chi connectivity index (χ1v) is 7.67. The number of nitrogens with zero attached hydrogens (tertiary/aromatic N) is 3. The molecule has 0 bridgehead atoms. The van der Waals surface area contributed by atoms with Crippen molar-refractivity contribution in [3.63, 3.8) is 0 Å². The molecule has 0 spiro atoms. The van der Waals surface area contributed by atoms with Crippen LogP contribution >= 0.6 is 35.7 Å². The summed E-state index contributed by atoms with van der Waals surface area (Å²) in [6.45, 7) is 2.65. The number of rotatable bonds is 8. The number of thioether (sulfide) groups is 1. The Morgan fingerprint density at radius 2 is 2.11 bits per heavy atom. The van der Waals surface area contributed by atoms with Crippen molar-refractivity contribution in [3.8, 4) is 0 Å². The van der Waals surface area contributed by atoms with Crippen molar-refractivity contribution in [1.29, 1.82) is 0 Å². The largest absolute Gasteiger partial charge is 0.356 e. The predicted molar refractivity (Wildman–Crippen MR) is 94.6 cm³/mol. The lowest BCUT2D eigenvalue weighted by Gasteiger charge is -2.11. The molecule has 0 aliphatic heterocycles. The van der Waals surface area contributed by atoms with Crippen molar-refractivity contribution >= 4 is 41.7 Å². The Morgan fingerprint density at radius 3 is 2.74 bits per heavy atom. The second-order valence-corrected chi connectivity index (χ2v) is 4.88. The molecule has 7 heteroatoms. The lowest BCUT2D eigenvalue weighted by atomic mass is 10.3. The molecule has 0 fully saturated rings. The van der Waals surface area contributed by atoms with Crippen molar-refractivity contribution in [2.45, 2.75) is 19.4 Å². The molecular formula is C12H24IN5S. The third-order valence-corrected chi connectivity index (χ3v) is 3.18. The minimum absolute atomic E-state index is 0. The molecule has 1 rings (SSSR count). The Bertz CT molecular complexity index is 329. The molecule has 5 nitrogen and oxygen atoms in total. The maximum atomic E-state index is 4.18. The molecule has 19 heavy (non-hydrogen) atoms. The van der Waals surface area contributed by atoms with E-state index in [0.29, 0.717) is 0 Å². The molecule has 0 radical (unpaired) electrons. The van der Waals surface area contributed by atoms with Crippen LogP contribution in [0.2, 0.25) is 0 Å². The summed E-state index contributed by atoms with van der Waals surface area (Å²) in [5, 5.41) is 10.7. The quantitative estimate of drug-likeness (QED) is 0.304. The van der Waals surface area contributed by atoms with Crippen LogP contribution in [0.4, 0.5) is 0 Å². The Labute approximate surface area is 137 Å². The van der Waals surface area contributed by atoms with Gasteiger partial charge in [0.05, 0.1) is 6.54 Å². The average molecular weight is 397 g/mol. The van der Waals surface area contributed by atoms with Crippen molar-refractivity contribution in [3.05, 3.63) is 18.5 Å². The summed E-state index contributed by atoms with van der Waals surface area (Å²) in [5.41, 5.74) is 0. The summed E-state index contributed by atoms with van der Waals surface area (Å²) >= 11 is 1.90. The summed E-state index contributed by atoms with van der Waals surface area (Å²) in [7, 11) is 1.80. The minimum atomic E-state index is 0. The number of nitrogens with one attached hydrogen (secondary N) is 2. The van der Waals surface area contributed by atoms with Crippen LogP contribution in [0.3, 0.4) is 0 Å². The summed E-state index contributed by atoms with van der Waals surface area (Å²) in [6, 6.07) is 1.93. The number of hydrogen-bond acceptors (Lipinski definition) is 3. The van der Waals surface area contributed by atoms with Crippen LogP contribution in [-0.4, -0.2) is 47.9 Å². The van der Waals surface area contributed by atoms with Gasteiger partial charge in [-0.15, -0.1) is 24.0 Å². The second kappa shape index (κ2) is 12.6. The molecule has 2 N–H and O–H groups in total. The molecule has 0 aliphatic carbocycles. The lowest BCUT2D eigenvalue weighted by Crippen LogP contribution is -2.39. The van der Waals surface area contributed by atoms with Gasteiger partial charge in [-0.3, -0.25) is 9.67 Å². The van der Waals surface area contributed by atoms with Crippen LogP contribution in [0.25, 0.3) is 0 Å². The Hall–Kier alpha value is -0.440. The van der Waals surface area contributed by atoms with E-state index in [-0.39, 0.29) is 24.0 Å². The van der Waals surface area contributed by atoms with Gasteiger partial charge in [0, 0.05) is 32.5 Å². The van der Waals surface area contributed by atoms with E-state index in [1.54, 1.807) is 13.2 Å². The van der Waals surface area contributed by atoms with Crippen molar-refractivity contribution in [1.82, 2.24) is 20.4 Å². The highest BCUT2D eigenvalue weighted by Crippen LogP contribution is 1.97. The molecule has 0 saturated carbocycles. The monoisotopic (exact) mass is 397 g/mol. The summed E-state index contributed by atoms with van der Waals surface area (Å²) in [4.78, 5) is 4.18. The van der Waals surface area contributed by atoms with Gasteiger partial charge in [-0.2, -0.15) is 16.9 Å². The number of unbranched alkanes of at least 4 members (excludes halogenated alkanes) is 1. The lowest BCUT2D eigenvalue weighted by molar-refractivity contribution is 0.596. The standard InChI is InChI=1S/C12H23N5S.HI/c1-13-12(14-6-3-4-11-18-2)15-8-10-17-9-5-7-16-17;/h5,7,9H,3-4,6,8,10-11H2,1-2H3,(H2,13,14,15);1H. The highest BCUT2D eigenvalue weighted by atomic mass is 127. The van der Waals surface area contributed by atoms with Gasteiger partial charge in [0.15, 0.2) is 5.96 Å². The molecule has 0 aliphatic rings. The first-order valence-electron chi connectivity index (χ1n) is 6.27. The smallest absolute Gasteiger partial charge is 0.191 e. The van der Waals surface area contributed by atoms with Crippen LogP contribution < -0.4 is 10.6 Å². The van der Waals surface area contributed by atoms with E-state index >= 15 is 0 Å². The van der Waals surface area contributed by atoms with Crippen LogP contribution in [-0.2, 0) is 6.54 Å². The number of halogens is 1. The average Bonchev–Trinajstić information content (AvgIpc) is 2.89. The predicted octanol–water partition coefficient (Wildman–Crippen LogP) is 1.81. The fraction of sp³-hybridized carbons (Fsp3) is 0.667. The van der Waals surface area contributed by atoms with Gasteiger partial charge in [0.2, 0.25) is 0 Å². The fourth-order valence-electron chi connectivity index (χ4n) is 1.52. The fourth-order valence-corrected chi connectivity index (χ4v) is 2.01. The molecule has 0 aromatic carbocycles. The maximum Gasteiger partial charge on any atom is 0.191 e.